The summed E-state index contributed by atoms with van der Waals surface area (Å²) in [5.74, 6) is -0.554. The average Bonchev–Trinajstić information content (AvgIpc) is 3.08. The second-order valence-electron chi connectivity index (χ2n) is 8.93. The van der Waals surface area contributed by atoms with Crippen molar-refractivity contribution >= 4 is 45.8 Å². The minimum Gasteiger partial charge on any atom is -0.325 e. The van der Waals surface area contributed by atoms with Gasteiger partial charge in [-0.15, -0.1) is 0 Å². The second-order valence-corrected chi connectivity index (χ2v) is 9.74. The summed E-state index contributed by atoms with van der Waals surface area (Å²) in [5.41, 5.74) is -0.588. The number of aromatic nitrogens is 2. The van der Waals surface area contributed by atoms with Gasteiger partial charge in [0.15, 0.2) is 0 Å². The fourth-order valence-corrected chi connectivity index (χ4v) is 5.76. The van der Waals surface area contributed by atoms with E-state index in [1.165, 1.54) is 18.2 Å². The van der Waals surface area contributed by atoms with E-state index >= 15 is 0 Å². The van der Waals surface area contributed by atoms with Crippen molar-refractivity contribution in [1.82, 2.24) is 9.97 Å². The molecule has 9 heteroatoms. The predicted octanol–water partition coefficient (Wildman–Crippen LogP) is 6.75. The van der Waals surface area contributed by atoms with Crippen molar-refractivity contribution < 1.29 is 18.0 Å². The van der Waals surface area contributed by atoms with Gasteiger partial charge >= 0.3 is 6.18 Å². The maximum absolute atomic E-state index is 13.7. The number of carbonyl (C=O) groups is 1. The summed E-state index contributed by atoms with van der Waals surface area (Å²) in [6.45, 7) is 3.90. The van der Waals surface area contributed by atoms with Crippen LogP contribution in [0.25, 0.3) is 11.0 Å². The van der Waals surface area contributed by atoms with Crippen molar-refractivity contribution in [3.05, 3.63) is 63.4 Å². The van der Waals surface area contributed by atoms with Gasteiger partial charge in [-0.25, -0.2) is 9.97 Å². The Morgan fingerprint density at radius 1 is 1.09 bits per heavy atom. The van der Waals surface area contributed by atoms with Crippen LogP contribution in [0.4, 0.5) is 18.9 Å². The van der Waals surface area contributed by atoms with E-state index in [1.54, 1.807) is 12.1 Å². The van der Waals surface area contributed by atoms with E-state index in [9.17, 15) is 18.0 Å². The molecular weight excluding hydrogens is 462 g/mol. The third-order valence-corrected chi connectivity index (χ3v) is 7.84. The Balaban J connectivity index is 1.66. The zero-order chi connectivity index (χ0) is 23.1. The summed E-state index contributed by atoms with van der Waals surface area (Å²) in [7, 11) is 0. The number of para-hydroxylation sites is 1. The number of carbonyl (C=O) groups excluding carboxylic acids is 1. The van der Waals surface area contributed by atoms with E-state index in [2.05, 4.69) is 5.32 Å². The summed E-state index contributed by atoms with van der Waals surface area (Å²) < 4.78 is 40.5. The number of anilines is 1. The van der Waals surface area contributed by atoms with Crippen molar-refractivity contribution in [3.63, 3.8) is 0 Å². The minimum atomic E-state index is -4.59. The molecule has 0 saturated heterocycles. The van der Waals surface area contributed by atoms with E-state index in [1.807, 2.05) is 13.8 Å². The number of alkyl halides is 3. The molecule has 1 aromatic heterocycles. The van der Waals surface area contributed by atoms with Crippen molar-refractivity contribution in [2.45, 2.75) is 44.2 Å². The van der Waals surface area contributed by atoms with Crippen LogP contribution in [0.5, 0.6) is 0 Å². The number of hydrogen-bond donors (Lipinski definition) is 1. The van der Waals surface area contributed by atoms with Crippen molar-refractivity contribution in [2.75, 3.05) is 5.32 Å². The van der Waals surface area contributed by atoms with Gasteiger partial charge in [-0.1, -0.05) is 49.2 Å². The molecular formula is C23H18Cl2F3N3O. The molecule has 1 saturated carbocycles. The van der Waals surface area contributed by atoms with Crippen LogP contribution in [0.3, 0.4) is 0 Å². The number of benzene rings is 2. The molecule has 1 heterocycles. The number of rotatable bonds is 2. The molecule has 4 nitrogen and oxygen atoms in total. The fourth-order valence-electron chi connectivity index (χ4n) is 5.45. The monoisotopic (exact) mass is 479 g/mol. The van der Waals surface area contributed by atoms with E-state index in [4.69, 9.17) is 33.2 Å². The van der Waals surface area contributed by atoms with Crippen LogP contribution in [-0.2, 0) is 16.4 Å². The predicted molar refractivity (Wildman–Crippen MR) is 117 cm³/mol. The lowest BCUT2D eigenvalue weighted by molar-refractivity contribution is -0.137. The Morgan fingerprint density at radius 2 is 1.72 bits per heavy atom. The summed E-state index contributed by atoms with van der Waals surface area (Å²) in [4.78, 5) is 23.2. The van der Waals surface area contributed by atoms with Gasteiger partial charge in [-0.3, -0.25) is 4.79 Å². The zero-order valence-electron chi connectivity index (χ0n) is 17.1. The first-order valence-electron chi connectivity index (χ1n) is 10.1. The van der Waals surface area contributed by atoms with Gasteiger partial charge in [0.25, 0.3) is 0 Å². The summed E-state index contributed by atoms with van der Waals surface area (Å²) in [6.07, 6.45) is -3.43. The number of hydrogen-bond acceptors (Lipinski definition) is 3. The van der Waals surface area contributed by atoms with Gasteiger partial charge in [-0.2, -0.15) is 13.2 Å². The van der Waals surface area contributed by atoms with Gasteiger partial charge in [0.1, 0.15) is 0 Å². The standard InChI is InChI=1S/C23H18Cl2F3N3O/c1-21(2)12-7-8-22(21,20(32)31-15-6-4-3-5-11(15)23(26,27)28)19-18(12)29-16-9-13(24)14(25)10-17(16)30-19/h3-6,9-10,12H,7-8H2,1-2H3,(H,31,32). The quantitative estimate of drug-likeness (QED) is 0.442. The highest BCUT2D eigenvalue weighted by Crippen LogP contribution is 2.67. The molecule has 2 aromatic carbocycles. The number of nitrogens with one attached hydrogen (secondary N) is 1. The van der Waals surface area contributed by atoms with E-state index in [-0.39, 0.29) is 11.6 Å². The van der Waals surface area contributed by atoms with Crippen LogP contribution >= 0.6 is 23.2 Å². The van der Waals surface area contributed by atoms with Gasteiger partial charge in [0, 0.05) is 5.92 Å². The van der Waals surface area contributed by atoms with Gasteiger partial charge in [0.2, 0.25) is 5.91 Å². The summed E-state index contributed by atoms with van der Waals surface area (Å²) in [5, 5.41) is 3.24. The highest BCUT2D eigenvalue weighted by Gasteiger charge is 2.68. The van der Waals surface area contributed by atoms with Crippen LogP contribution in [0.2, 0.25) is 10.0 Å². The molecule has 5 rings (SSSR count). The molecule has 0 spiro atoms. The molecule has 1 amide bonds. The highest BCUT2D eigenvalue weighted by atomic mass is 35.5. The molecule has 32 heavy (non-hydrogen) atoms. The largest absolute Gasteiger partial charge is 0.418 e. The molecule has 1 fully saturated rings. The van der Waals surface area contributed by atoms with Crippen LogP contribution in [0.1, 0.15) is 49.6 Å². The molecule has 3 aromatic rings. The molecule has 2 aliphatic rings. The lowest BCUT2D eigenvalue weighted by Gasteiger charge is -2.36. The Morgan fingerprint density at radius 3 is 2.38 bits per heavy atom. The Hall–Kier alpha value is -2.38. The van der Waals surface area contributed by atoms with E-state index < -0.39 is 28.5 Å². The first-order valence-corrected chi connectivity index (χ1v) is 10.9. The Bertz CT molecular complexity index is 1290. The molecule has 2 aliphatic carbocycles. The molecule has 0 radical (unpaired) electrons. The molecule has 0 aliphatic heterocycles. The van der Waals surface area contributed by atoms with Crippen LogP contribution in [0, 0.1) is 5.41 Å². The first-order chi connectivity index (χ1) is 15.0. The molecule has 166 valence electrons. The highest BCUT2D eigenvalue weighted by molar-refractivity contribution is 6.42. The fraction of sp³-hybridized carbons (Fsp3) is 0.348. The Kier molecular flexibility index (Phi) is 4.57. The van der Waals surface area contributed by atoms with Gasteiger partial charge in [0.05, 0.1) is 49.1 Å². The third-order valence-electron chi connectivity index (χ3n) is 7.11. The number of amides is 1. The molecule has 1 N–H and O–H groups in total. The maximum atomic E-state index is 13.7. The molecule has 2 unspecified atom stereocenters. The van der Waals surface area contributed by atoms with Crippen molar-refractivity contribution in [3.8, 4) is 0 Å². The van der Waals surface area contributed by atoms with Crippen LogP contribution in [-0.4, -0.2) is 15.9 Å². The minimum absolute atomic E-state index is 0.0486. The molecule has 2 atom stereocenters. The number of nitrogens with zero attached hydrogens (tertiary/aromatic N) is 2. The van der Waals surface area contributed by atoms with Crippen LogP contribution < -0.4 is 5.32 Å². The number of halogens is 5. The molecule has 2 bridgehead atoms. The Labute approximate surface area is 192 Å². The van der Waals surface area contributed by atoms with Crippen LogP contribution in [0.15, 0.2) is 36.4 Å². The van der Waals surface area contributed by atoms with Crippen molar-refractivity contribution in [2.24, 2.45) is 5.41 Å². The smallest absolute Gasteiger partial charge is 0.325 e. The number of fused-ring (bicyclic) bond motifs is 6. The SMILES string of the molecule is CC1(C)C2CCC1(C(=O)Nc1ccccc1C(F)(F)F)c1nc3cc(Cl)c(Cl)cc3nc12. The average molecular weight is 480 g/mol. The first kappa shape index (κ1) is 21.5. The zero-order valence-corrected chi connectivity index (χ0v) is 18.7. The normalized spacial score (nSPS) is 23.4. The summed E-state index contributed by atoms with van der Waals surface area (Å²) >= 11 is 12.3. The maximum Gasteiger partial charge on any atom is 0.418 e. The van der Waals surface area contributed by atoms with E-state index in [0.29, 0.717) is 45.3 Å². The van der Waals surface area contributed by atoms with E-state index in [0.717, 1.165) is 6.07 Å². The van der Waals surface area contributed by atoms with Gasteiger partial charge in [-0.05, 0) is 42.5 Å². The topological polar surface area (TPSA) is 54.9 Å². The lowest BCUT2D eigenvalue weighted by atomic mass is 9.67. The summed E-state index contributed by atoms with van der Waals surface area (Å²) in [6, 6.07) is 8.21. The second kappa shape index (κ2) is 6.81. The van der Waals surface area contributed by atoms with Crippen molar-refractivity contribution in [1.29, 1.82) is 0 Å². The van der Waals surface area contributed by atoms with Gasteiger partial charge < -0.3 is 5.32 Å². The third kappa shape index (κ3) is 2.80. The lowest BCUT2D eigenvalue weighted by Crippen LogP contribution is -2.47.